The fourth-order valence-electron chi connectivity index (χ4n) is 3.59. The minimum Gasteiger partial charge on any atom is -0.345 e. The molecule has 0 bridgehead atoms. The molecule has 1 aromatic carbocycles. The van der Waals surface area contributed by atoms with Crippen LogP contribution in [0.1, 0.15) is 49.3 Å². The number of benzene rings is 1. The normalized spacial score (nSPS) is 23.2. The van der Waals surface area contributed by atoms with Crippen LogP contribution in [0, 0.1) is 13.8 Å². The lowest BCUT2D eigenvalue weighted by atomic mass is 9.98. The molecule has 4 nitrogen and oxygen atoms in total. The van der Waals surface area contributed by atoms with E-state index in [2.05, 4.69) is 48.5 Å². The number of aryl methyl sites for hydroxylation is 3. The summed E-state index contributed by atoms with van der Waals surface area (Å²) < 4.78 is 14.7. The predicted molar refractivity (Wildman–Crippen MR) is 99.5 cm³/mol. The summed E-state index contributed by atoms with van der Waals surface area (Å²) in [5, 5.41) is 0. The zero-order valence-corrected chi connectivity index (χ0v) is 15.7. The Kier molecular flexibility index (Phi) is 5.92. The average Bonchev–Trinajstić information content (AvgIpc) is 3.23. The van der Waals surface area contributed by atoms with E-state index in [0.717, 1.165) is 19.3 Å². The van der Waals surface area contributed by atoms with Crippen LogP contribution in [-0.2, 0) is 22.4 Å². The lowest BCUT2D eigenvalue weighted by Crippen LogP contribution is -2.36. The smallest absolute Gasteiger partial charge is 0.187 e. The molecule has 2 atom stereocenters. The third kappa shape index (κ3) is 4.71. The van der Waals surface area contributed by atoms with Gasteiger partial charge in [0.1, 0.15) is 0 Å². The van der Waals surface area contributed by atoms with Crippen LogP contribution in [0.25, 0.3) is 0 Å². The first-order valence-corrected chi connectivity index (χ1v) is 9.44. The molecule has 0 saturated carbocycles. The third-order valence-electron chi connectivity index (χ3n) is 5.05. The van der Waals surface area contributed by atoms with Crippen molar-refractivity contribution in [1.82, 2.24) is 9.55 Å². The minimum absolute atomic E-state index is 0.211. The molecule has 2 heterocycles. The molecule has 1 aromatic heterocycles. The number of aromatic nitrogens is 2. The van der Waals surface area contributed by atoms with E-state index < -0.39 is 5.79 Å². The number of hydrogen-bond donors (Lipinski definition) is 0. The van der Waals surface area contributed by atoms with E-state index >= 15 is 0 Å². The maximum absolute atomic E-state index is 6.44. The summed E-state index contributed by atoms with van der Waals surface area (Å²) in [5.74, 6) is -0.545. The third-order valence-corrected chi connectivity index (χ3v) is 5.05. The van der Waals surface area contributed by atoms with Crippen LogP contribution in [-0.4, -0.2) is 28.0 Å². The molecule has 0 N–H and O–H groups in total. The highest BCUT2D eigenvalue weighted by atomic mass is 16.7. The lowest BCUT2D eigenvalue weighted by molar-refractivity contribution is -0.182. The van der Waals surface area contributed by atoms with Crippen molar-refractivity contribution in [2.75, 3.05) is 6.61 Å². The standard InChI is InChI=1S/C21H30N2O2/c1-4-5-6-20-14-24-21(25-20,15-23-12-11-22-16-23)10-9-19-8-7-17(2)13-18(19)3/h7-8,11-13,16,20H,4-6,9-10,14-15H2,1-3H3. The van der Waals surface area contributed by atoms with E-state index in [1.54, 1.807) is 6.20 Å². The van der Waals surface area contributed by atoms with Crippen molar-refractivity contribution in [3.05, 3.63) is 53.6 Å². The van der Waals surface area contributed by atoms with Gasteiger partial charge in [0.15, 0.2) is 5.79 Å². The molecule has 136 valence electrons. The quantitative estimate of drug-likeness (QED) is 0.712. The van der Waals surface area contributed by atoms with Crippen LogP contribution < -0.4 is 0 Å². The van der Waals surface area contributed by atoms with Gasteiger partial charge in [0.25, 0.3) is 0 Å². The first kappa shape index (κ1) is 18.2. The van der Waals surface area contributed by atoms with Gasteiger partial charge in [-0.2, -0.15) is 0 Å². The molecule has 0 aliphatic carbocycles. The van der Waals surface area contributed by atoms with Gasteiger partial charge in [0.05, 0.1) is 25.6 Å². The number of ether oxygens (including phenoxy) is 2. The van der Waals surface area contributed by atoms with Gasteiger partial charge in [-0.1, -0.05) is 43.5 Å². The molecule has 0 spiro atoms. The maximum Gasteiger partial charge on any atom is 0.187 e. The van der Waals surface area contributed by atoms with Gasteiger partial charge in [-0.3, -0.25) is 0 Å². The molecule has 1 fully saturated rings. The second-order valence-electron chi connectivity index (χ2n) is 7.27. The maximum atomic E-state index is 6.44. The highest BCUT2D eigenvalue weighted by Gasteiger charge is 2.41. The second kappa shape index (κ2) is 8.15. The minimum atomic E-state index is -0.545. The van der Waals surface area contributed by atoms with E-state index in [0.29, 0.717) is 13.2 Å². The fourth-order valence-corrected chi connectivity index (χ4v) is 3.59. The SMILES string of the molecule is CCCCC1COC(CCc2ccc(C)cc2C)(Cn2ccnc2)O1. The van der Waals surface area contributed by atoms with Gasteiger partial charge in [0.2, 0.25) is 0 Å². The van der Waals surface area contributed by atoms with Gasteiger partial charge in [-0.25, -0.2) is 4.98 Å². The summed E-state index contributed by atoms with van der Waals surface area (Å²) in [6.45, 7) is 7.93. The van der Waals surface area contributed by atoms with E-state index in [1.807, 2.05) is 12.5 Å². The van der Waals surface area contributed by atoms with E-state index in [4.69, 9.17) is 9.47 Å². The Hall–Kier alpha value is -1.65. The summed E-state index contributed by atoms with van der Waals surface area (Å²) in [7, 11) is 0. The summed E-state index contributed by atoms with van der Waals surface area (Å²) in [6, 6.07) is 6.67. The molecule has 0 radical (unpaired) electrons. The molecule has 25 heavy (non-hydrogen) atoms. The van der Waals surface area contributed by atoms with Crippen molar-refractivity contribution in [3.63, 3.8) is 0 Å². The highest BCUT2D eigenvalue weighted by Crippen LogP contribution is 2.33. The summed E-state index contributed by atoms with van der Waals surface area (Å²) in [5.41, 5.74) is 4.03. The average molecular weight is 342 g/mol. The van der Waals surface area contributed by atoms with Crippen LogP contribution in [0.15, 0.2) is 36.9 Å². The summed E-state index contributed by atoms with van der Waals surface area (Å²) >= 11 is 0. The monoisotopic (exact) mass is 342 g/mol. The van der Waals surface area contributed by atoms with Crippen LogP contribution in [0.5, 0.6) is 0 Å². The molecule has 0 amide bonds. The molecule has 1 aliphatic heterocycles. The molecule has 1 saturated heterocycles. The van der Waals surface area contributed by atoms with Crippen molar-refractivity contribution in [2.45, 2.75) is 71.3 Å². The Morgan fingerprint density at radius 2 is 2.20 bits per heavy atom. The molecular formula is C21H30N2O2. The van der Waals surface area contributed by atoms with E-state index in [1.165, 1.54) is 29.5 Å². The zero-order chi connectivity index (χ0) is 17.7. The highest BCUT2D eigenvalue weighted by molar-refractivity contribution is 5.30. The Morgan fingerprint density at radius 1 is 1.32 bits per heavy atom. The Morgan fingerprint density at radius 3 is 2.92 bits per heavy atom. The van der Waals surface area contributed by atoms with Crippen molar-refractivity contribution in [1.29, 1.82) is 0 Å². The molecule has 2 aromatic rings. The molecule has 1 aliphatic rings. The number of rotatable bonds is 8. The Bertz CT molecular complexity index is 669. The first-order valence-electron chi connectivity index (χ1n) is 9.44. The van der Waals surface area contributed by atoms with Crippen molar-refractivity contribution >= 4 is 0 Å². The van der Waals surface area contributed by atoms with Crippen LogP contribution in [0.3, 0.4) is 0 Å². The van der Waals surface area contributed by atoms with Gasteiger partial charge in [-0.15, -0.1) is 0 Å². The van der Waals surface area contributed by atoms with Gasteiger partial charge < -0.3 is 14.0 Å². The van der Waals surface area contributed by atoms with Gasteiger partial charge in [0, 0.05) is 18.8 Å². The zero-order valence-electron chi connectivity index (χ0n) is 15.7. The van der Waals surface area contributed by atoms with Crippen LogP contribution in [0.4, 0.5) is 0 Å². The van der Waals surface area contributed by atoms with Crippen molar-refractivity contribution in [2.24, 2.45) is 0 Å². The summed E-state index contributed by atoms with van der Waals surface area (Å²) in [4.78, 5) is 4.16. The van der Waals surface area contributed by atoms with E-state index in [-0.39, 0.29) is 6.10 Å². The molecule has 2 unspecified atom stereocenters. The number of hydrogen-bond acceptors (Lipinski definition) is 3. The van der Waals surface area contributed by atoms with E-state index in [9.17, 15) is 0 Å². The van der Waals surface area contributed by atoms with Crippen LogP contribution >= 0.6 is 0 Å². The fraction of sp³-hybridized carbons (Fsp3) is 0.571. The molecular weight excluding hydrogens is 312 g/mol. The summed E-state index contributed by atoms with van der Waals surface area (Å²) in [6.07, 6.45) is 11.1. The Balaban J connectivity index is 1.70. The van der Waals surface area contributed by atoms with Crippen LogP contribution in [0.2, 0.25) is 0 Å². The van der Waals surface area contributed by atoms with Crippen molar-refractivity contribution < 1.29 is 9.47 Å². The van der Waals surface area contributed by atoms with Crippen molar-refractivity contribution in [3.8, 4) is 0 Å². The number of nitrogens with zero attached hydrogens (tertiary/aromatic N) is 2. The van der Waals surface area contributed by atoms with Gasteiger partial charge in [-0.05, 0) is 37.8 Å². The predicted octanol–water partition coefficient (Wildman–Crippen LogP) is 4.43. The Labute approximate surface area is 151 Å². The largest absolute Gasteiger partial charge is 0.345 e. The lowest BCUT2D eigenvalue weighted by Gasteiger charge is -2.29. The molecule has 3 rings (SSSR count). The molecule has 4 heteroatoms. The number of unbranched alkanes of at least 4 members (excludes halogenated alkanes) is 1. The second-order valence-corrected chi connectivity index (χ2v) is 7.27. The topological polar surface area (TPSA) is 36.3 Å². The first-order chi connectivity index (χ1) is 12.1. The van der Waals surface area contributed by atoms with Gasteiger partial charge >= 0.3 is 0 Å². The number of imidazole rings is 1.